The van der Waals surface area contributed by atoms with Crippen LogP contribution in [0.2, 0.25) is 0 Å². The van der Waals surface area contributed by atoms with Crippen LogP contribution >= 0.6 is 0 Å². The Labute approximate surface area is 157 Å². The predicted molar refractivity (Wildman–Crippen MR) is 103 cm³/mol. The summed E-state index contributed by atoms with van der Waals surface area (Å²) in [5.41, 5.74) is 0.584. The van der Waals surface area contributed by atoms with Crippen molar-refractivity contribution >= 4 is 17.7 Å². The van der Waals surface area contributed by atoms with Crippen LogP contribution in [0.4, 0.5) is 0 Å². The summed E-state index contributed by atoms with van der Waals surface area (Å²) in [4.78, 5) is 34.2. The molecule has 0 aromatic carbocycles. The van der Waals surface area contributed by atoms with Crippen molar-refractivity contribution in [3.63, 3.8) is 0 Å². The van der Waals surface area contributed by atoms with Crippen molar-refractivity contribution in [2.45, 2.75) is 78.1 Å². The molecule has 0 atom stereocenters. The number of ketones is 1. The fourth-order valence-electron chi connectivity index (χ4n) is 2.47. The zero-order chi connectivity index (χ0) is 19.6. The van der Waals surface area contributed by atoms with Gasteiger partial charge >= 0.3 is 11.9 Å². The lowest BCUT2D eigenvalue weighted by Gasteiger charge is -2.03. The highest BCUT2D eigenvalue weighted by molar-refractivity contribution is 5.92. The summed E-state index contributed by atoms with van der Waals surface area (Å²) in [6.45, 7) is 8.11. The van der Waals surface area contributed by atoms with Crippen molar-refractivity contribution in [3.8, 4) is 0 Å². The van der Waals surface area contributed by atoms with Crippen molar-refractivity contribution in [2.24, 2.45) is 0 Å². The maximum atomic E-state index is 11.8. The number of esters is 2. The summed E-state index contributed by atoms with van der Waals surface area (Å²) >= 11 is 0. The average molecular weight is 366 g/mol. The highest BCUT2D eigenvalue weighted by Gasteiger charge is 2.07. The molecule has 0 heterocycles. The molecule has 0 aromatic rings. The molecule has 0 aliphatic carbocycles. The Hall–Kier alpha value is -1.91. The second kappa shape index (κ2) is 16.6. The van der Waals surface area contributed by atoms with Crippen LogP contribution in [-0.4, -0.2) is 30.9 Å². The fraction of sp³-hybridized carbons (Fsp3) is 0.667. The first-order chi connectivity index (χ1) is 12.5. The molecule has 5 heteroatoms. The highest BCUT2D eigenvalue weighted by Crippen LogP contribution is 2.10. The van der Waals surface area contributed by atoms with Gasteiger partial charge in [-0.15, -0.1) is 0 Å². The van der Waals surface area contributed by atoms with E-state index in [1.54, 1.807) is 13.0 Å². The van der Waals surface area contributed by atoms with Crippen molar-refractivity contribution in [2.75, 3.05) is 13.2 Å². The number of ether oxygens (including phenoxy) is 2. The zero-order valence-electron chi connectivity index (χ0n) is 16.4. The van der Waals surface area contributed by atoms with Gasteiger partial charge in [0.15, 0.2) is 5.78 Å². The molecule has 0 rings (SSSR count). The Balaban J connectivity index is 3.57. The van der Waals surface area contributed by atoms with Crippen LogP contribution in [0.1, 0.15) is 78.1 Å². The SMILES string of the molecule is C=C(CC(=O)C=CCCCCCCCCC(=O)OCC)CC(=O)OCC. The summed E-state index contributed by atoms with van der Waals surface area (Å²) in [7, 11) is 0. The van der Waals surface area contributed by atoms with Gasteiger partial charge in [0, 0.05) is 12.8 Å². The first kappa shape index (κ1) is 24.1. The summed E-state index contributed by atoms with van der Waals surface area (Å²) in [5.74, 6) is -0.470. The zero-order valence-corrected chi connectivity index (χ0v) is 16.4. The minimum atomic E-state index is -0.337. The van der Waals surface area contributed by atoms with Crippen LogP contribution in [0.25, 0.3) is 0 Å². The monoisotopic (exact) mass is 366 g/mol. The second-order valence-corrected chi connectivity index (χ2v) is 6.24. The third kappa shape index (κ3) is 15.6. The van der Waals surface area contributed by atoms with Crippen LogP contribution < -0.4 is 0 Å². The van der Waals surface area contributed by atoms with E-state index in [1.165, 1.54) is 0 Å². The molecule has 0 amide bonds. The van der Waals surface area contributed by atoms with E-state index in [9.17, 15) is 14.4 Å². The molecule has 0 unspecified atom stereocenters. The van der Waals surface area contributed by atoms with Gasteiger partial charge in [0.1, 0.15) is 0 Å². The van der Waals surface area contributed by atoms with E-state index >= 15 is 0 Å². The van der Waals surface area contributed by atoms with Crippen LogP contribution in [0.5, 0.6) is 0 Å². The number of hydrogen-bond donors (Lipinski definition) is 0. The first-order valence-corrected chi connectivity index (χ1v) is 9.66. The van der Waals surface area contributed by atoms with E-state index in [0.29, 0.717) is 25.2 Å². The minimum Gasteiger partial charge on any atom is -0.466 e. The number of allylic oxidation sites excluding steroid dienone is 2. The van der Waals surface area contributed by atoms with Gasteiger partial charge in [-0.25, -0.2) is 0 Å². The molecule has 0 aliphatic heterocycles. The molecule has 0 spiro atoms. The maximum Gasteiger partial charge on any atom is 0.309 e. The number of carbonyl (C=O) groups is 3. The van der Waals surface area contributed by atoms with E-state index in [0.717, 1.165) is 44.9 Å². The van der Waals surface area contributed by atoms with Gasteiger partial charge in [-0.2, -0.15) is 0 Å². The van der Waals surface area contributed by atoms with Gasteiger partial charge in [0.05, 0.1) is 19.6 Å². The van der Waals surface area contributed by atoms with Gasteiger partial charge in [-0.3, -0.25) is 14.4 Å². The molecule has 0 radical (unpaired) electrons. The van der Waals surface area contributed by atoms with Crippen molar-refractivity contribution in [3.05, 3.63) is 24.3 Å². The number of hydrogen-bond acceptors (Lipinski definition) is 5. The van der Waals surface area contributed by atoms with Crippen LogP contribution in [0.15, 0.2) is 24.3 Å². The number of carbonyl (C=O) groups excluding carboxylic acids is 3. The Morgan fingerprint density at radius 2 is 1.38 bits per heavy atom. The van der Waals surface area contributed by atoms with E-state index in [1.807, 2.05) is 13.0 Å². The van der Waals surface area contributed by atoms with E-state index in [2.05, 4.69) is 6.58 Å². The molecule has 0 saturated carbocycles. The Morgan fingerprint density at radius 1 is 0.808 bits per heavy atom. The Morgan fingerprint density at radius 3 is 2.04 bits per heavy atom. The molecule has 0 N–H and O–H groups in total. The van der Waals surface area contributed by atoms with Gasteiger partial charge in [0.25, 0.3) is 0 Å². The average Bonchev–Trinajstić information content (AvgIpc) is 2.56. The highest BCUT2D eigenvalue weighted by atomic mass is 16.5. The topological polar surface area (TPSA) is 69.7 Å². The standard InChI is InChI=1S/C21H34O5/c1-4-25-20(23)15-13-11-9-7-6-8-10-12-14-19(22)16-18(3)17-21(24)26-5-2/h12,14H,3-11,13,15-17H2,1-2H3. The van der Waals surface area contributed by atoms with Crippen molar-refractivity contribution in [1.29, 1.82) is 0 Å². The smallest absolute Gasteiger partial charge is 0.309 e. The van der Waals surface area contributed by atoms with E-state index in [4.69, 9.17) is 9.47 Å². The van der Waals surface area contributed by atoms with Crippen LogP contribution in [-0.2, 0) is 23.9 Å². The third-order valence-electron chi connectivity index (χ3n) is 3.73. The number of rotatable bonds is 16. The summed E-state index contributed by atoms with van der Waals surface area (Å²) in [6.07, 6.45) is 11.5. The van der Waals surface area contributed by atoms with Crippen LogP contribution in [0.3, 0.4) is 0 Å². The van der Waals surface area contributed by atoms with E-state index in [-0.39, 0.29) is 30.6 Å². The molecular weight excluding hydrogens is 332 g/mol. The van der Waals surface area contributed by atoms with Gasteiger partial charge in [-0.1, -0.05) is 43.9 Å². The molecule has 0 aromatic heterocycles. The predicted octanol–water partition coefficient (Wildman–Crippen LogP) is 4.70. The molecule has 26 heavy (non-hydrogen) atoms. The molecule has 148 valence electrons. The van der Waals surface area contributed by atoms with E-state index < -0.39 is 0 Å². The Kier molecular flexibility index (Phi) is 15.3. The summed E-state index contributed by atoms with van der Waals surface area (Å²) < 4.78 is 9.71. The quantitative estimate of drug-likeness (QED) is 0.171. The minimum absolute atomic E-state index is 0.0294. The van der Waals surface area contributed by atoms with Crippen molar-refractivity contribution in [1.82, 2.24) is 0 Å². The molecule has 0 fully saturated rings. The lowest BCUT2D eigenvalue weighted by Crippen LogP contribution is -2.06. The van der Waals surface area contributed by atoms with Crippen molar-refractivity contribution < 1.29 is 23.9 Å². The normalized spacial score (nSPS) is 10.7. The van der Waals surface area contributed by atoms with Gasteiger partial charge in [-0.05, 0) is 39.2 Å². The third-order valence-corrected chi connectivity index (χ3v) is 3.73. The van der Waals surface area contributed by atoms with Crippen LogP contribution in [0, 0.1) is 0 Å². The summed E-state index contributed by atoms with van der Waals surface area (Å²) in [5, 5.41) is 0. The largest absolute Gasteiger partial charge is 0.466 e. The lowest BCUT2D eigenvalue weighted by molar-refractivity contribution is -0.143. The molecule has 5 nitrogen and oxygen atoms in total. The van der Waals surface area contributed by atoms with Gasteiger partial charge < -0.3 is 9.47 Å². The fourth-order valence-corrected chi connectivity index (χ4v) is 2.47. The maximum absolute atomic E-state index is 11.8. The first-order valence-electron chi connectivity index (χ1n) is 9.66. The molecular formula is C21H34O5. The molecule has 0 saturated heterocycles. The second-order valence-electron chi connectivity index (χ2n) is 6.24. The number of unbranched alkanes of at least 4 members (excludes halogenated alkanes) is 6. The Bertz CT molecular complexity index is 465. The van der Waals surface area contributed by atoms with Gasteiger partial charge in [0.2, 0.25) is 0 Å². The molecule has 0 aliphatic rings. The molecule has 0 bridgehead atoms. The summed E-state index contributed by atoms with van der Waals surface area (Å²) in [6, 6.07) is 0. The lowest BCUT2D eigenvalue weighted by atomic mass is 10.1.